The number of hydrogen-bond donors (Lipinski definition) is 1. The van der Waals surface area contributed by atoms with Gasteiger partial charge in [-0.3, -0.25) is 15.1 Å². The highest BCUT2D eigenvalue weighted by atomic mass is 16.6. The minimum atomic E-state index is -0.371. The molecule has 1 aromatic heterocycles. The highest BCUT2D eigenvalue weighted by Gasteiger charge is 2.40. The molecule has 3 atom stereocenters. The Kier molecular flexibility index (Phi) is 3.45. The largest absolute Gasteiger partial charge is 0.494 e. The molecule has 1 aliphatic heterocycles. The normalized spacial score (nSPS) is 24.0. The molecule has 122 valence electrons. The number of pyridine rings is 1. The third-order valence-corrected chi connectivity index (χ3v) is 4.89. The number of nitrogens with zero attached hydrogens (tertiary/aromatic N) is 2. The first-order valence-corrected chi connectivity index (χ1v) is 7.88. The predicted octanol–water partition coefficient (Wildman–Crippen LogP) is 3.82. The van der Waals surface area contributed by atoms with Crippen LogP contribution in [-0.4, -0.2) is 17.0 Å². The van der Waals surface area contributed by atoms with Crippen LogP contribution in [0.25, 0.3) is 0 Å². The van der Waals surface area contributed by atoms with Gasteiger partial charge in [-0.25, -0.2) is 0 Å². The van der Waals surface area contributed by atoms with Crippen molar-refractivity contribution in [3.8, 4) is 5.75 Å². The molecule has 6 nitrogen and oxygen atoms in total. The number of allylic oxidation sites excluding steroid dienone is 2. The molecule has 2 aromatic rings. The van der Waals surface area contributed by atoms with Crippen LogP contribution in [0.4, 0.5) is 11.4 Å². The Morgan fingerprint density at radius 2 is 2.29 bits per heavy atom. The number of hydrogen-bond acceptors (Lipinski definition) is 5. The van der Waals surface area contributed by atoms with Gasteiger partial charge in [0, 0.05) is 24.4 Å². The average molecular weight is 323 g/mol. The standard InChI is InChI=1S/C18H17N3O3/c1-24-16-9-12(21(22)23)8-15-13-5-2-6-14(13)17(20-18(15)16)11-4-3-7-19-10-11/h2-5,7-10,13-14,17,20H,6H2,1H3/t13-,14+,17-/m0/s1. The van der Waals surface area contributed by atoms with Crippen molar-refractivity contribution in [1.82, 2.24) is 4.98 Å². The van der Waals surface area contributed by atoms with Crippen LogP contribution in [-0.2, 0) is 0 Å². The highest BCUT2D eigenvalue weighted by molar-refractivity contribution is 5.71. The number of nitrogens with one attached hydrogen (secondary N) is 1. The molecule has 2 heterocycles. The summed E-state index contributed by atoms with van der Waals surface area (Å²) in [6.07, 6.45) is 8.86. The maximum atomic E-state index is 11.2. The van der Waals surface area contributed by atoms with E-state index in [4.69, 9.17) is 4.74 Å². The molecule has 0 saturated heterocycles. The number of nitro groups is 1. The molecule has 2 aliphatic rings. The Hall–Kier alpha value is -2.89. The Labute approximate surface area is 139 Å². The molecule has 0 radical (unpaired) electrons. The number of aromatic nitrogens is 1. The van der Waals surface area contributed by atoms with Gasteiger partial charge in [0.15, 0.2) is 0 Å². The average Bonchev–Trinajstić information content (AvgIpc) is 3.10. The van der Waals surface area contributed by atoms with Gasteiger partial charge in [-0.2, -0.15) is 0 Å². The van der Waals surface area contributed by atoms with Gasteiger partial charge in [-0.1, -0.05) is 18.2 Å². The van der Waals surface area contributed by atoms with Crippen LogP contribution in [0.2, 0.25) is 0 Å². The second kappa shape index (κ2) is 5.63. The van der Waals surface area contributed by atoms with E-state index in [1.54, 1.807) is 12.3 Å². The number of anilines is 1. The number of methoxy groups -OCH3 is 1. The second-order valence-electron chi connectivity index (χ2n) is 6.13. The molecule has 1 aromatic carbocycles. The maximum absolute atomic E-state index is 11.2. The van der Waals surface area contributed by atoms with Gasteiger partial charge in [-0.15, -0.1) is 0 Å². The van der Waals surface area contributed by atoms with Crippen molar-refractivity contribution >= 4 is 11.4 Å². The van der Waals surface area contributed by atoms with Crippen molar-refractivity contribution < 1.29 is 9.66 Å². The van der Waals surface area contributed by atoms with Crippen LogP contribution in [0, 0.1) is 16.0 Å². The highest BCUT2D eigenvalue weighted by Crippen LogP contribution is 2.53. The van der Waals surface area contributed by atoms with Gasteiger partial charge >= 0.3 is 0 Å². The Morgan fingerprint density at radius 1 is 1.42 bits per heavy atom. The van der Waals surface area contributed by atoms with E-state index in [1.165, 1.54) is 13.2 Å². The molecule has 0 fully saturated rings. The van der Waals surface area contributed by atoms with Crippen molar-refractivity contribution in [2.24, 2.45) is 5.92 Å². The molecule has 1 aliphatic carbocycles. The Bertz CT molecular complexity index is 820. The van der Waals surface area contributed by atoms with Crippen molar-refractivity contribution in [2.45, 2.75) is 18.4 Å². The lowest BCUT2D eigenvalue weighted by molar-refractivity contribution is -0.385. The molecule has 0 amide bonds. The first-order valence-electron chi connectivity index (χ1n) is 7.88. The topological polar surface area (TPSA) is 77.3 Å². The summed E-state index contributed by atoms with van der Waals surface area (Å²) in [5, 5.41) is 14.8. The number of benzene rings is 1. The number of fused-ring (bicyclic) bond motifs is 3. The van der Waals surface area contributed by atoms with E-state index in [0.717, 1.165) is 23.2 Å². The zero-order valence-electron chi connectivity index (χ0n) is 13.2. The Balaban J connectivity index is 1.86. The number of rotatable bonds is 3. The zero-order valence-corrected chi connectivity index (χ0v) is 13.2. The lowest BCUT2D eigenvalue weighted by Crippen LogP contribution is -2.29. The Morgan fingerprint density at radius 3 is 3.00 bits per heavy atom. The summed E-state index contributed by atoms with van der Waals surface area (Å²) in [4.78, 5) is 15.1. The van der Waals surface area contributed by atoms with Crippen LogP contribution in [0.5, 0.6) is 5.75 Å². The molecule has 0 saturated carbocycles. The van der Waals surface area contributed by atoms with Crippen molar-refractivity contribution in [3.63, 3.8) is 0 Å². The van der Waals surface area contributed by atoms with Gasteiger partial charge in [-0.05, 0) is 29.5 Å². The fourth-order valence-electron chi connectivity index (χ4n) is 3.81. The second-order valence-corrected chi connectivity index (χ2v) is 6.13. The van der Waals surface area contributed by atoms with E-state index < -0.39 is 0 Å². The molecule has 0 spiro atoms. The summed E-state index contributed by atoms with van der Waals surface area (Å²) >= 11 is 0. The van der Waals surface area contributed by atoms with Crippen LogP contribution in [0.15, 0.2) is 48.8 Å². The van der Waals surface area contributed by atoms with E-state index in [0.29, 0.717) is 11.7 Å². The summed E-state index contributed by atoms with van der Waals surface area (Å²) in [6.45, 7) is 0. The molecule has 0 bridgehead atoms. The molecule has 4 rings (SSSR count). The van der Waals surface area contributed by atoms with Gasteiger partial charge in [0.05, 0.1) is 29.8 Å². The summed E-state index contributed by atoms with van der Waals surface area (Å²) in [7, 11) is 1.54. The third kappa shape index (κ3) is 2.22. The number of ether oxygens (including phenoxy) is 1. The lowest BCUT2D eigenvalue weighted by atomic mass is 9.77. The molecular weight excluding hydrogens is 306 g/mol. The summed E-state index contributed by atoms with van der Waals surface area (Å²) < 4.78 is 5.43. The van der Waals surface area contributed by atoms with Crippen LogP contribution in [0.1, 0.15) is 29.5 Å². The van der Waals surface area contributed by atoms with Crippen LogP contribution >= 0.6 is 0 Å². The van der Waals surface area contributed by atoms with Crippen molar-refractivity contribution in [1.29, 1.82) is 0 Å². The van der Waals surface area contributed by atoms with Crippen molar-refractivity contribution in [3.05, 3.63) is 70.1 Å². The summed E-state index contributed by atoms with van der Waals surface area (Å²) in [5.41, 5.74) is 2.94. The minimum absolute atomic E-state index is 0.0614. The van der Waals surface area contributed by atoms with E-state index in [2.05, 4.69) is 28.5 Å². The monoisotopic (exact) mass is 323 g/mol. The van der Waals surface area contributed by atoms with Gasteiger partial charge in [0.2, 0.25) is 0 Å². The molecule has 1 N–H and O–H groups in total. The van der Waals surface area contributed by atoms with Crippen molar-refractivity contribution in [2.75, 3.05) is 12.4 Å². The smallest absolute Gasteiger partial charge is 0.273 e. The van der Waals surface area contributed by atoms with E-state index in [-0.39, 0.29) is 22.6 Å². The fourth-order valence-corrected chi connectivity index (χ4v) is 3.81. The van der Waals surface area contributed by atoms with E-state index in [9.17, 15) is 10.1 Å². The quantitative estimate of drug-likeness (QED) is 0.528. The first kappa shape index (κ1) is 14.7. The summed E-state index contributed by atoms with van der Waals surface area (Å²) in [6, 6.07) is 7.23. The van der Waals surface area contributed by atoms with Gasteiger partial charge < -0.3 is 10.1 Å². The molecule has 24 heavy (non-hydrogen) atoms. The molecular formula is C18H17N3O3. The number of non-ortho nitro benzene ring substituents is 1. The molecule has 0 unspecified atom stereocenters. The first-order chi connectivity index (χ1) is 11.7. The minimum Gasteiger partial charge on any atom is -0.494 e. The zero-order chi connectivity index (χ0) is 16.7. The maximum Gasteiger partial charge on any atom is 0.273 e. The van der Waals surface area contributed by atoms with Crippen LogP contribution in [0.3, 0.4) is 0 Å². The van der Waals surface area contributed by atoms with Gasteiger partial charge in [0.25, 0.3) is 5.69 Å². The van der Waals surface area contributed by atoms with Crippen LogP contribution < -0.4 is 10.1 Å². The third-order valence-electron chi connectivity index (χ3n) is 4.89. The fraction of sp³-hybridized carbons (Fsp3) is 0.278. The van der Waals surface area contributed by atoms with E-state index >= 15 is 0 Å². The number of nitro benzene ring substituents is 1. The lowest BCUT2D eigenvalue weighted by Gasteiger charge is -2.37. The summed E-state index contributed by atoms with van der Waals surface area (Å²) in [5.74, 6) is 0.959. The van der Waals surface area contributed by atoms with E-state index in [1.807, 2.05) is 12.3 Å². The SMILES string of the molecule is COc1cc([N+](=O)[O-])cc2c1N[C@@H](c1cccnc1)[C@@H]1CC=C[C@H]21. The van der Waals surface area contributed by atoms with Gasteiger partial charge in [0.1, 0.15) is 5.75 Å². The predicted molar refractivity (Wildman–Crippen MR) is 90.2 cm³/mol. The molecule has 6 heteroatoms.